The lowest BCUT2D eigenvalue weighted by molar-refractivity contribution is -0.115. The quantitative estimate of drug-likeness (QED) is 0.576. The van der Waals surface area contributed by atoms with Crippen molar-refractivity contribution < 1.29 is 13.2 Å². The third-order valence-electron chi connectivity index (χ3n) is 4.52. The van der Waals surface area contributed by atoms with Gasteiger partial charge >= 0.3 is 0 Å². The van der Waals surface area contributed by atoms with Gasteiger partial charge in [-0.1, -0.05) is 35.3 Å². The van der Waals surface area contributed by atoms with Gasteiger partial charge in [0.25, 0.3) is 0 Å². The van der Waals surface area contributed by atoms with Crippen LogP contribution in [0, 0.1) is 13.8 Å². The summed E-state index contributed by atoms with van der Waals surface area (Å²) in [5, 5.41) is 13.4. The smallest absolute Gasteiger partial charge is 0.228 e. The van der Waals surface area contributed by atoms with Gasteiger partial charge in [0, 0.05) is 22.0 Å². The molecule has 0 fully saturated rings. The number of carbonyl (C=O) groups is 1. The fraction of sp³-hybridized carbons (Fsp3) is 0.200. The molecule has 0 atom stereocenters. The van der Waals surface area contributed by atoms with Crippen molar-refractivity contribution >= 4 is 44.8 Å². The molecule has 0 aliphatic carbocycles. The summed E-state index contributed by atoms with van der Waals surface area (Å²) in [4.78, 5) is 12.5. The number of nitrogens with zero attached hydrogens (tertiary/aromatic N) is 2. The minimum Gasteiger partial charge on any atom is -0.326 e. The summed E-state index contributed by atoms with van der Waals surface area (Å²) >= 11 is 12.3. The molecule has 7 nitrogen and oxygen atoms in total. The maximum atomic E-state index is 12.5. The lowest BCUT2D eigenvalue weighted by Gasteiger charge is -2.09. The fourth-order valence-corrected chi connectivity index (χ4v) is 4.25. The first-order valence-corrected chi connectivity index (χ1v) is 11.4. The zero-order valence-corrected chi connectivity index (χ0v) is 18.6. The molecule has 3 rings (SSSR count). The second kappa shape index (κ2) is 8.77. The van der Waals surface area contributed by atoms with Gasteiger partial charge in [-0.3, -0.25) is 4.79 Å². The van der Waals surface area contributed by atoms with Crippen LogP contribution in [0.1, 0.15) is 22.5 Å². The largest absolute Gasteiger partial charge is 0.326 e. The number of halogens is 2. The van der Waals surface area contributed by atoms with Gasteiger partial charge < -0.3 is 5.32 Å². The number of nitrogens with two attached hydrogens (primary N) is 1. The molecule has 10 heteroatoms. The number of amides is 1. The summed E-state index contributed by atoms with van der Waals surface area (Å²) in [5.74, 6) is -0.478. The molecule has 3 aromatic rings. The predicted molar refractivity (Wildman–Crippen MR) is 119 cm³/mol. The molecule has 0 unspecified atom stereocenters. The molecule has 0 aliphatic heterocycles. The van der Waals surface area contributed by atoms with Gasteiger partial charge in [-0.15, -0.1) is 0 Å². The van der Waals surface area contributed by atoms with E-state index in [2.05, 4.69) is 10.4 Å². The molecule has 0 bridgehead atoms. The normalized spacial score (nSPS) is 11.5. The molecule has 0 aliphatic rings. The lowest BCUT2D eigenvalue weighted by Crippen LogP contribution is -2.16. The van der Waals surface area contributed by atoms with Crippen molar-refractivity contribution in [2.45, 2.75) is 26.0 Å². The molecule has 0 spiro atoms. The van der Waals surface area contributed by atoms with Gasteiger partial charge in [-0.2, -0.15) is 5.10 Å². The third-order valence-corrected chi connectivity index (χ3v) is 5.80. The Kier molecular flexibility index (Phi) is 6.52. The van der Waals surface area contributed by atoms with Crippen molar-refractivity contribution in [2.24, 2.45) is 5.14 Å². The highest BCUT2D eigenvalue weighted by Gasteiger charge is 2.17. The maximum Gasteiger partial charge on any atom is 0.228 e. The van der Waals surface area contributed by atoms with Crippen molar-refractivity contribution in [1.82, 2.24) is 9.78 Å². The molecule has 158 valence electrons. The molecule has 2 aromatic carbocycles. The minimum absolute atomic E-state index is 0.127. The number of sulfonamides is 1. The number of anilines is 1. The Labute approximate surface area is 184 Å². The monoisotopic (exact) mass is 466 g/mol. The molecule has 0 saturated carbocycles. The van der Waals surface area contributed by atoms with Crippen LogP contribution >= 0.6 is 23.2 Å². The molecule has 30 heavy (non-hydrogen) atoms. The van der Waals surface area contributed by atoms with Crippen molar-refractivity contribution in [3.63, 3.8) is 0 Å². The number of carbonyl (C=O) groups excluding carboxylic acids is 1. The highest BCUT2D eigenvalue weighted by Crippen LogP contribution is 2.27. The number of nitrogens with one attached hydrogen (secondary N) is 1. The van der Waals surface area contributed by atoms with E-state index in [1.165, 1.54) is 0 Å². The zero-order chi connectivity index (χ0) is 22.1. The Bertz CT molecular complexity index is 1210. The van der Waals surface area contributed by atoms with E-state index in [4.69, 9.17) is 28.3 Å². The standard InChI is InChI=1S/C20H20Cl2N4O3S/c1-12-17(13(2)26(25-12)19-8-5-15(21)9-18(19)22)10-20(27)24-16-6-3-14(4-7-16)11-30(23,28)29/h3-9H,10-11H2,1-2H3,(H,24,27)(H2,23,28,29). The van der Waals surface area contributed by atoms with E-state index in [0.29, 0.717) is 27.0 Å². The van der Waals surface area contributed by atoms with Gasteiger partial charge in [-0.05, 0) is 49.7 Å². The summed E-state index contributed by atoms with van der Waals surface area (Å²) in [6, 6.07) is 11.6. The van der Waals surface area contributed by atoms with E-state index in [9.17, 15) is 13.2 Å². The Balaban J connectivity index is 1.75. The number of rotatable bonds is 6. The van der Waals surface area contributed by atoms with Gasteiger partial charge in [-0.25, -0.2) is 18.2 Å². The summed E-state index contributed by atoms with van der Waals surface area (Å²) in [6.45, 7) is 3.70. The first-order chi connectivity index (χ1) is 14.0. The van der Waals surface area contributed by atoms with Crippen LogP contribution in [0.15, 0.2) is 42.5 Å². The topological polar surface area (TPSA) is 107 Å². The van der Waals surface area contributed by atoms with Crippen LogP contribution in [0.4, 0.5) is 5.69 Å². The third kappa shape index (κ3) is 5.40. The van der Waals surface area contributed by atoms with Crippen molar-refractivity contribution in [1.29, 1.82) is 0 Å². The second-order valence-electron chi connectivity index (χ2n) is 6.89. The zero-order valence-electron chi connectivity index (χ0n) is 16.3. The Hall–Kier alpha value is -2.39. The fourth-order valence-electron chi connectivity index (χ4n) is 3.10. The number of benzene rings is 2. The number of aromatic nitrogens is 2. The molecular weight excluding hydrogens is 447 g/mol. The van der Waals surface area contributed by atoms with Gasteiger partial charge in [0.05, 0.1) is 28.6 Å². The van der Waals surface area contributed by atoms with Crippen LogP contribution in [0.25, 0.3) is 5.69 Å². The first-order valence-electron chi connectivity index (χ1n) is 8.93. The molecular formula is C20H20Cl2N4O3S. The Morgan fingerprint density at radius 1 is 1.13 bits per heavy atom. The molecule has 3 N–H and O–H groups in total. The van der Waals surface area contributed by atoms with E-state index in [1.54, 1.807) is 47.1 Å². The van der Waals surface area contributed by atoms with Crippen LogP contribution in [0.5, 0.6) is 0 Å². The average molecular weight is 467 g/mol. The van der Waals surface area contributed by atoms with Crippen LogP contribution in [-0.2, 0) is 27.0 Å². The lowest BCUT2D eigenvalue weighted by atomic mass is 10.1. The maximum absolute atomic E-state index is 12.5. The highest BCUT2D eigenvalue weighted by atomic mass is 35.5. The molecule has 0 radical (unpaired) electrons. The second-order valence-corrected chi connectivity index (χ2v) is 9.34. The van der Waals surface area contributed by atoms with E-state index in [0.717, 1.165) is 17.0 Å². The number of hydrogen-bond acceptors (Lipinski definition) is 4. The van der Waals surface area contributed by atoms with Crippen LogP contribution in [-0.4, -0.2) is 24.1 Å². The van der Waals surface area contributed by atoms with Crippen molar-refractivity contribution in [2.75, 3.05) is 5.32 Å². The average Bonchev–Trinajstić information content (AvgIpc) is 2.90. The number of hydrogen-bond donors (Lipinski definition) is 2. The SMILES string of the molecule is Cc1nn(-c2ccc(Cl)cc2Cl)c(C)c1CC(=O)Nc1ccc(CS(N)(=O)=O)cc1. The van der Waals surface area contributed by atoms with E-state index in [1.807, 2.05) is 13.8 Å². The van der Waals surface area contributed by atoms with Gasteiger partial charge in [0.15, 0.2) is 0 Å². The Morgan fingerprint density at radius 3 is 2.40 bits per heavy atom. The van der Waals surface area contributed by atoms with Crippen molar-refractivity contribution in [3.05, 3.63) is 75.0 Å². The molecule has 0 saturated heterocycles. The van der Waals surface area contributed by atoms with E-state index < -0.39 is 10.0 Å². The van der Waals surface area contributed by atoms with Crippen LogP contribution in [0.3, 0.4) is 0 Å². The van der Waals surface area contributed by atoms with Crippen LogP contribution < -0.4 is 10.5 Å². The highest BCUT2D eigenvalue weighted by molar-refractivity contribution is 7.88. The molecule has 1 aromatic heterocycles. The first kappa shape index (κ1) is 22.3. The summed E-state index contributed by atoms with van der Waals surface area (Å²) < 4.78 is 24.0. The predicted octanol–water partition coefficient (Wildman–Crippen LogP) is 3.77. The summed E-state index contributed by atoms with van der Waals surface area (Å²) in [6.07, 6.45) is 0.127. The molecule has 1 amide bonds. The number of aryl methyl sites for hydroxylation is 1. The van der Waals surface area contributed by atoms with Gasteiger partial charge in [0.2, 0.25) is 15.9 Å². The van der Waals surface area contributed by atoms with E-state index in [-0.39, 0.29) is 18.1 Å². The Morgan fingerprint density at radius 2 is 1.80 bits per heavy atom. The van der Waals surface area contributed by atoms with Crippen LogP contribution in [0.2, 0.25) is 10.0 Å². The van der Waals surface area contributed by atoms with Gasteiger partial charge in [0.1, 0.15) is 0 Å². The minimum atomic E-state index is -3.60. The molecule has 1 heterocycles. The van der Waals surface area contributed by atoms with E-state index >= 15 is 0 Å². The summed E-state index contributed by atoms with van der Waals surface area (Å²) in [5.41, 5.74) is 4.10. The van der Waals surface area contributed by atoms with Crippen molar-refractivity contribution in [3.8, 4) is 5.69 Å². The number of primary sulfonamides is 1. The summed E-state index contributed by atoms with van der Waals surface area (Å²) in [7, 11) is -3.60.